The Kier molecular flexibility index (Phi) is 4.85. The van der Waals surface area contributed by atoms with Gasteiger partial charge in [0, 0.05) is 26.2 Å². The molecule has 1 saturated heterocycles. The number of hydrogen-bond acceptors (Lipinski definition) is 4. The largest absolute Gasteiger partial charge is 0.361 e. The van der Waals surface area contributed by atoms with Crippen molar-refractivity contribution in [3.05, 3.63) is 52.9 Å². The zero-order valence-electron chi connectivity index (χ0n) is 15.8. The maximum atomic E-state index is 13.0. The fourth-order valence-electron chi connectivity index (χ4n) is 3.43. The molecule has 1 aromatic carbocycles. The summed E-state index contributed by atoms with van der Waals surface area (Å²) in [6.07, 6.45) is 0. The van der Waals surface area contributed by atoms with Crippen molar-refractivity contribution in [3.63, 3.8) is 0 Å². The Bertz CT molecular complexity index is 783. The normalized spacial score (nSPS) is 15.2. The first-order valence-electron chi connectivity index (χ1n) is 8.89. The molecule has 1 aliphatic rings. The first-order chi connectivity index (χ1) is 12.3. The number of carbonyl (C=O) groups is 2. The molecular formula is C20H25N3O3. The summed E-state index contributed by atoms with van der Waals surface area (Å²) in [6, 6.07) is 9.81. The van der Waals surface area contributed by atoms with Crippen LogP contribution in [0.1, 0.15) is 41.2 Å². The Balaban J connectivity index is 1.67. The van der Waals surface area contributed by atoms with Gasteiger partial charge in [-0.2, -0.15) is 0 Å². The van der Waals surface area contributed by atoms with Gasteiger partial charge in [-0.1, -0.05) is 35.5 Å². The van der Waals surface area contributed by atoms with E-state index in [0.717, 1.165) is 5.56 Å². The molecule has 0 bridgehead atoms. The van der Waals surface area contributed by atoms with Gasteiger partial charge < -0.3 is 14.3 Å². The molecular weight excluding hydrogens is 330 g/mol. The van der Waals surface area contributed by atoms with Crippen LogP contribution in [0.5, 0.6) is 0 Å². The highest BCUT2D eigenvalue weighted by Crippen LogP contribution is 2.26. The molecule has 1 aromatic heterocycles. The van der Waals surface area contributed by atoms with E-state index < -0.39 is 5.41 Å². The molecule has 1 fully saturated rings. The molecule has 6 heteroatoms. The van der Waals surface area contributed by atoms with Gasteiger partial charge in [-0.05, 0) is 33.3 Å². The molecule has 138 valence electrons. The number of nitrogens with zero attached hydrogens (tertiary/aromatic N) is 3. The number of carbonyl (C=O) groups excluding carboxylic acids is 2. The highest BCUT2D eigenvalue weighted by molar-refractivity contribution is 5.96. The first kappa shape index (κ1) is 18.2. The van der Waals surface area contributed by atoms with Gasteiger partial charge in [0.1, 0.15) is 11.3 Å². The van der Waals surface area contributed by atoms with E-state index in [2.05, 4.69) is 5.16 Å². The molecule has 2 aromatic rings. The number of amides is 2. The molecule has 0 aliphatic carbocycles. The van der Waals surface area contributed by atoms with Crippen molar-refractivity contribution in [2.45, 2.75) is 33.1 Å². The van der Waals surface area contributed by atoms with E-state index in [1.54, 1.807) is 18.7 Å². The van der Waals surface area contributed by atoms with Gasteiger partial charge in [-0.3, -0.25) is 9.59 Å². The Morgan fingerprint density at radius 3 is 2.12 bits per heavy atom. The van der Waals surface area contributed by atoms with E-state index in [4.69, 9.17) is 4.52 Å². The van der Waals surface area contributed by atoms with E-state index in [1.807, 2.05) is 49.1 Å². The first-order valence-corrected chi connectivity index (χ1v) is 8.89. The van der Waals surface area contributed by atoms with Gasteiger partial charge in [-0.25, -0.2) is 0 Å². The molecule has 0 spiro atoms. The third kappa shape index (κ3) is 3.23. The third-order valence-corrected chi connectivity index (χ3v) is 5.13. The van der Waals surface area contributed by atoms with E-state index >= 15 is 0 Å². The van der Waals surface area contributed by atoms with Crippen LogP contribution in [0.4, 0.5) is 0 Å². The van der Waals surface area contributed by atoms with Gasteiger partial charge in [0.05, 0.1) is 11.1 Å². The van der Waals surface area contributed by atoms with Crippen molar-refractivity contribution in [2.24, 2.45) is 0 Å². The summed E-state index contributed by atoms with van der Waals surface area (Å²) in [5, 5.41) is 3.85. The molecule has 0 radical (unpaired) electrons. The Labute approximate surface area is 153 Å². The maximum Gasteiger partial charge on any atom is 0.259 e. The van der Waals surface area contributed by atoms with E-state index in [-0.39, 0.29) is 11.8 Å². The summed E-state index contributed by atoms with van der Waals surface area (Å²) >= 11 is 0. The van der Waals surface area contributed by atoms with Crippen LogP contribution in [0.15, 0.2) is 34.9 Å². The number of aromatic nitrogens is 1. The van der Waals surface area contributed by atoms with E-state index in [0.29, 0.717) is 43.2 Å². The van der Waals surface area contributed by atoms with Crippen molar-refractivity contribution in [1.29, 1.82) is 0 Å². The van der Waals surface area contributed by atoms with Crippen molar-refractivity contribution in [2.75, 3.05) is 26.2 Å². The van der Waals surface area contributed by atoms with Gasteiger partial charge in [0.25, 0.3) is 5.91 Å². The summed E-state index contributed by atoms with van der Waals surface area (Å²) in [6.45, 7) is 9.51. The lowest BCUT2D eigenvalue weighted by molar-refractivity contribution is -0.137. The highest BCUT2D eigenvalue weighted by atomic mass is 16.5. The Hall–Kier alpha value is -2.63. The van der Waals surface area contributed by atoms with Crippen LogP contribution in [-0.2, 0) is 10.2 Å². The van der Waals surface area contributed by atoms with Crippen LogP contribution in [0.2, 0.25) is 0 Å². The minimum Gasteiger partial charge on any atom is -0.361 e. The molecule has 0 atom stereocenters. The smallest absolute Gasteiger partial charge is 0.259 e. The van der Waals surface area contributed by atoms with Crippen molar-refractivity contribution < 1.29 is 14.1 Å². The lowest BCUT2D eigenvalue weighted by Gasteiger charge is -2.38. The molecule has 0 unspecified atom stereocenters. The monoisotopic (exact) mass is 355 g/mol. The summed E-state index contributed by atoms with van der Waals surface area (Å²) < 4.78 is 5.10. The van der Waals surface area contributed by atoms with Crippen molar-refractivity contribution >= 4 is 11.8 Å². The van der Waals surface area contributed by atoms with Gasteiger partial charge >= 0.3 is 0 Å². The highest BCUT2D eigenvalue weighted by Gasteiger charge is 2.36. The van der Waals surface area contributed by atoms with Gasteiger partial charge in [0.2, 0.25) is 5.91 Å². The molecule has 26 heavy (non-hydrogen) atoms. The predicted molar refractivity (Wildman–Crippen MR) is 97.9 cm³/mol. The number of rotatable bonds is 3. The molecule has 1 aliphatic heterocycles. The number of hydrogen-bond donors (Lipinski definition) is 0. The minimum atomic E-state index is -0.588. The van der Waals surface area contributed by atoms with Crippen molar-refractivity contribution in [3.8, 4) is 0 Å². The number of piperazine rings is 1. The molecule has 6 nitrogen and oxygen atoms in total. The fraction of sp³-hybridized carbons (Fsp3) is 0.450. The Morgan fingerprint density at radius 2 is 1.58 bits per heavy atom. The summed E-state index contributed by atoms with van der Waals surface area (Å²) in [7, 11) is 0. The number of aryl methyl sites for hydroxylation is 2. The van der Waals surface area contributed by atoms with Crippen LogP contribution >= 0.6 is 0 Å². The Morgan fingerprint density at radius 1 is 1.00 bits per heavy atom. The molecule has 0 N–H and O–H groups in total. The van der Waals surface area contributed by atoms with Crippen LogP contribution in [0.3, 0.4) is 0 Å². The maximum absolute atomic E-state index is 13.0. The third-order valence-electron chi connectivity index (χ3n) is 5.13. The van der Waals surface area contributed by atoms with Crippen LogP contribution in [0, 0.1) is 13.8 Å². The average Bonchev–Trinajstić information content (AvgIpc) is 2.99. The zero-order chi connectivity index (χ0) is 18.9. The molecule has 0 saturated carbocycles. The second-order valence-corrected chi connectivity index (χ2v) is 7.27. The van der Waals surface area contributed by atoms with Crippen molar-refractivity contribution in [1.82, 2.24) is 15.0 Å². The summed E-state index contributed by atoms with van der Waals surface area (Å²) in [5.41, 5.74) is 1.56. The predicted octanol–water partition coefficient (Wildman–Crippen LogP) is 2.55. The lowest BCUT2D eigenvalue weighted by Crippen LogP contribution is -2.54. The summed E-state index contributed by atoms with van der Waals surface area (Å²) in [5.74, 6) is 0.556. The fourth-order valence-corrected chi connectivity index (χ4v) is 3.43. The number of benzene rings is 1. The molecule has 2 amide bonds. The second kappa shape index (κ2) is 6.94. The second-order valence-electron chi connectivity index (χ2n) is 7.27. The topological polar surface area (TPSA) is 66.7 Å². The quantitative estimate of drug-likeness (QED) is 0.849. The van der Waals surface area contributed by atoms with E-state index in [9.17, 15) is 9.59 Å². The lowest BCUT2D eigenvalue weighted by atomic mass is 9.83. The van der Waals surface area contributed by atoms with Crippen LogP contribution < -0.4 is 0 Å². The van der Waals surface area contributed by atoms with Gasteiger partial charge in [0.15, 0.2) is 0 Å². The summed E-state index contributed by atoms with van der Waals surface area (Å²) in [4.78, 5) is 29.4. The molecule has 2 heterocycles. The SMILES string of the molecule is Cc1noc(C)c1C(=O)N1CCN(C(=O)C(C)(C)c2ccccc2)CC1. The van der Waals surface area contributed by atoms with Crippen LogP contribution in [0.25, 0.3) is 0 Å². The molecule has 3 rings (SSSR count). The standard InChI is InChI=1S/C20H25N3O3/c1-14-17(15(2)26-21-14)18(24)22-10-12-23(13-11-22)19(25)20(3,4)16-8-6-5-7-9-16/h5-9H,10-13H2,1-4H3. The van der Waals surface area contributed by atoms with E-state index in [1.165, 1.54) is 0 Å². The average molecular weight is 355 g/mol. The van der Waals surface area contributed by atoms with Crippen LogP contribution in [-0.4, -0.2) is 52.9 Å². The minimum absolute atomic E-state index is 0.0735. The zero-order valence-corrected chi connectivity index (χ0v) is 15.8. The van der Waals surface area contributed by atoms with Gasteiger partial charge in [-0.15, -0.1) is 0 Å².